The summed E-state index contributed by atoms with van der Waals surface area (Å²) in [5.41, 5.74) is -0.614. The number of carbonyl (C=O) groups is 2. The van der Waals surface area contributed by atoms with Crippen LogP contribution in [0.2, 0.25) is 0 Å². The van der Waals surface area contributed by atoms with Crippen LogP contribution in [-0.4, -0.2) is 52.9 Å². The Morgan fingerprint density at radius 3 is 1.98 bits per heavy atom. The van der Waals surface area contributed by atoms with Crippen LogP contribution in [0, 0.1) is 19.8 Å². The lowest BCUT2D eigenvalue weighted by Gasteiger charge is -2.31. The van der Waals surface area contributed by atoms with Crippen molar-refractivity contribution in [2.75, 3.05) is 0 Å². The number of hydrogen-bond acceptors (Lipinski definition) is 12. The molecule has 264 valence electrons. The Balaban J connectivity index is 1.69. The fourth-order valence-electron chi connectivity index (χ4n) is 7.54. The molecule has 0 fully saturated rings. The first kappa shape index (κ1) is 34.7. The van der Waals surface area contributed by atoms with E-state index in [0.717, 1.165) is 12.1 Å². The maximum atomic E-state index is 14.0. The van der Waals surface area contributed by atoms with Gasteiger partial charge in [0.25, 0.3) is 0 Å². The Hall–Kier alpha value is -6.17. The normalized spacial score (nSPS) is 14.7. The van der Waals surface area contributed by atoms with Crippen molar-refractivity contribution in [2.24, 2.45) is 5.92 Å². The zero-order valence-corrected chi connectivity index (χ0v) is 28.5. The van der Waals surface area contributed by atoms with Crippen LogP contribution >= 0.6 is 0 Å². The van der Waals surface area contributed by atoms with Crippen LogP contribution in [0.5, 0.6) is 40.2 Å². The Morgan fingerprint density at radius 2 is 1.37 bits per heavy atom. The SMILES string of the molecule is Cc1cc2c(c(O)c1-c1c(C)cc3c(C(C)C)c(O)c(O)c(C=O)c3c1O)C(Cc1c(O)c3c(O)cc(O)cc3oc1=O)C(=O)C(O)=C2C(C)C. The molecule has 1 aromatic heterocycles. The molecule has 4 aromatic carbocycles. The number of Topliss-reactive ketones (excluding diaryl/α,β-unsaturated/α-hetero) is 1. The highest BCUT2D eigenvalue weighted by Crippen LogP contribution is 2.54. The molecule has 5 aromatic rings. The second-order valence-electron chi connectivity index (χ2n) is 13.6. The summed E-state index contributed by atoms with van der Waals surface area (Å²) in [6.45, 7) is 10.3. The van der Waals surface area contributed by atoms with Gasteiger partial charge in [0, 0.05) is 45.3 Å². The van der Waals surface area contributed by atoms with E-state index in [1.807, 2.05) is 0 Å². The van der Waals surface area contributed by atoms with E-state index in [-0.39, 0.29) is 61.2 Å². The number of aromatic hydroxyl groups is 7. The number of rotatable bonds is 6. The van der Waals surface area contributed by atoms with Crippen molar-refractivity contribution < 1.29 is 54.9 Å². The predicted octanol–water partition coefficient (Wildman–Crippen LogP) is 6.94. The third kappa shape index (κ3) is 5.00. The summed E-state index contributed by atoms with van der Waals surface area (Å²) in [5.74, 6) is -7.74. The van der Waals surface area contributed by atoms with Crippen molar-refractivity contribution in [1.29, 1.82) is 0 Å². The van der Waals surface area contributed by atoms with Crippen LogP contribution in [0.1, 0.15) is 83.3 Å². The van der Waals surface area contributed by atoms with E-state index in [0.29, 0.717) is 22.8 Å². The average molecular weight is 697 g/mol. The van der Waals surface area contributed by atoms with Gasteiger partial charge in [-0.3, -0.25) is 9.59 Å². The summed E-state index contributed by atoms with van der Waals surface area (Å²) in [4.78, 5) is 39.5. The summed E-state index contributed by atoms with van der Waals surface area (Å²) in [6.07, 6.45) is -0.303. The van der Waals surface area contributed by atoms with E-state index in [4.69, 9.17) is 4.42 Å². The van der Waals surface area contributed by atoms with Crippen LogP contribution in [0.25, 0.3) is 38.4 Å². The number of allylic oxidation sites excluding steroid dienone is 2. The lowest BCUT2D eigenvalue weighted by atomic mass is 9.72. The summed E-state index contributed by atoms with van der Waals surface area (Å²) >= 11 is 0. The maximum Gasteiger partial charge on any atom is 0.343 e. The van der Waals surface area contributed by atoms with Crippen LogP contribution in [-0.2, 0) is 11.2 Å². The third-order valence-corrected chi connectivity index (χ3v) is 9.74. The monoisotopic (exact) mass is 696 g/mol. The Bertz CT molecular complexity index is 2460. The van der Waals surface area contributed by atoms with Crippen molar-refractivity contribution in [2.45, 2.75) is 59.8 Å². The minimum atomic E-state index is -1.49. The molecule has 1 aliphatic rings. The van der Waals surface area contributed by atoms with Gasteiger partial charge in [-0.2, -0.15) is 0 Å². The van der Waals surface area contributed by atoms with Gasteiger partial charge in [-0.05, 0) is 54.2 Å². The van der Waals surface area contributed by atoms with Gasteiger partial charge in [-0.1, -0.05) is 39.8 Å². The summed E-state index contributed by atoms with van der Waals surface area (Å²) in [7, 11) is 0. The van der Waals surface area contributed by atoms with Gasteiger partial charge >= 0.3 is 5.63 Å². The molecule has 0 saturated carbocycles. The van der Waals surface area contributed by atoms with E-state index < -0.39 is 81.2 Å². The van der Waals surface area contributed by atoms with Crippen molar-refractivity contribution in [3.05, 3.63) is 79.4 Å². The Kier molecular flexibility index (Phi) is 8.17. The molecule has 0 amide bonds. The molecule has 8 N–H and O–H groups in total. The van der Waals surface area contributed by atoms with Crippen LogP contribution in [0.15, 0.2) is 39.2 Å². The van der Waals surface area contributed by atoms with Gasteiger partial charge in [0.1, 0.15) is 39.7 Å². The Morgan fingerprint density at radius 1 is 0.745 bits per heavy atom. The third-order valence-electron chi connectivity index (χ3n) is 9.74. The van der Waals surface area contributed by atoms with Crippen molar-refractivity contribution in [3.63, 3.8) is 0 Å². The van der Waals surface area contributed by atoms with E-state index in [9.17, 15) is 55.2 Å². The number of aliphatic hydroxyl groups excluding tert-OH is 1. The Labute approximate surface area is 290 Å². The zero-order chi connectivity index (χ0) is 37.5. The first-order chi connectivity index (χ1) is 23.9. The fraction of sp³-hybridized carbons (Fsp3) is 0.256. The molecule has 51 heavy (non-hydrogen) atoms. The average Bonchev–Trinajstić information content (AvgIpc) is 3.02. The molecule has 1 unspecified atom stereocenters. The molecule has 1 heterocycles. The van der Waals surface area contributed by atoms with E-state index >= 15 is 0 Å². The standard InChI is InChI=1S/C39H36O12/c1-13(2)25-18-7-15(5)27(28-16(6)8-19-26(14(3)4)38(49)34(45)22(12-40)30(19)36(28)47)35(46)29(18)20(33(44)37(25)48)11-21-32(43)31-23(42)9-17(41)10-24(31)51-39(21)50/h7-10,12-14,20,41-43,45-49H,11H2,1-6H3. The van der Waals surface area contributed by atoms with Crippen LogP contribution in [0.4, 0.5) is 0 Å². The maximum absolute atomic E-state index is 14.0. The molecule has 0 bridgehead atoms. The largest absolute Gasteiger partial charge is 0.508 e. The molecule has 0 saturated heterocycles. The highest BCUT2D eigenvalue weighted by molar-refractivity contribution is 6.12. The molecule has 0 radical (unpaired) electrons. The van der Waals surface area contributed by atoms with Gasteiger partial charge in [-0.15, -0.1) is 0 Å². The van der Waals surface area contributed by atoms with Gasteiger partial charge in [0.2, 0.25) is 5.78 Å². The summed E-state index contributed by atoms with van der Waals surface area (Å²) < 4.78 is 5.28. The van der Waals surface area contributed by atoms with Crippen molar-refractivity contribution >= 4 is 39.4 Å². The van der Waals surface area contributed by atoms with E-state index in [2.05, 4.69) is 0 Å². The number of hydrogen-bond donors (Lipinski definition) is 8. The number of phenolic OH excluding ortho intramolecular Hbond substituents is 6. The predicted molar refractivity (Wildman–Crippen MR) is 188 cm³/mol. The lowest BCUT2D eigenvalue weighted by molar-refractivity contribution is -0.119. The molecular formula is C39H36O12. The van der Waals surface area contributed by atoms with E-state index in [1.54, 1.807) is 53.7 Å². The van der Waals surface area contributed by atoms with Gasteiger partial charge in [0.15, 0.2) is 23.5 Å². The molecular weight excluding hydrogens is 660 g/mol. The lowest BCUT2D eigenvalue weighted by Crippen LogP contribution is -2.27. The molecule has 12 nitrogen and oxygen atoms in total. The van der Waals surface area contributed by atoms with Gasteiger partial charge in [-0.25, -0.2) is 4.79 Å². The molecule has 1 atom stereocenters. The smallest absolute Gasteiger partial charge is 0.343 e. The number of aliphatic hydroxyl groups is 1. The number of benzene rings is 4. The fourth-order valence-corrected chi connectivity index (χ4v) is 7.54. The molecule has 6 rings (SSSR count). The van der Waals surface area contributed by atoms with Crippen LogP contribution in [0.3, 0.4) is 0 Å². The number of ketones is 1. The molecule has 0 spiro atoms. The van der Waals surface area contributed by atoms with Gasteiger partial charge in [0.05, 0.1) is 17.0 Å². The number of fused-ring (bicyclic) bond motifs is 3. The second-order valence-corrected chi connectivity index (χ2v) is 13.6. The van der Waals surface area contributed by atoms with Crippen molar-refractivity contribution in [3.8, 4) is 51.4 Å². The first-order valence-corrected chi connectivity index (χ1v) is 16.2. The van der Waals surface area contributed by atoms with Gasteiger partial charge < -0.3 is 45.3 Å². The second kappa shape index (κ2) is 12.0. The number of aryl methyl sites for hydroxylation is 2. The highest BCUT2D eigenvalue weighted by atomic mass is 16.4. The number of carbonyl (C=O) groups excluding carboxylic acids is 2. The van der Waals surface area contributed by atoms with E-state index in [1.165, 1.54) is 0 Å². The van der Waals surface area contributed by atoms with Crippen molar-refractivity contribution in [1.82, 2.24) is 0 Å². The van der Waals surface area contributed by atoms with Crippen LogP contribution < -0.4 is 5.63 Å². The minimum Gasteiger partial charge on any atom is -0.508 e. The topological polar surface area (TPSA) is 226 Å². The quantitative estimate of drug-likeness (QED) is 0.0513. The molecule has 12 heteroatoms. The first-order valence-electron chi connectivity index (χ1n) is 16.2. The molecule has 1 aliphatic carbocycles. The number of aldehydes is 1. The highest BCUT2D eigenvalue weighted by Gasteiger charge is 2.40. The summed E-state index contributed by atoms with van der Waals surface area (Å²) in [6, 6.07) is 5.17. The molecule has 0 aliphatic heterocycles. The zero-order valence-electron chi connectivity index (χ0n) is 28.5. The minimum absolute atomic E-state index is 0.0261. The summed E-state index contributed by atoms with van der Waals surface area (Å²) in [5, 5.41) is 88.5. The number of phenols is 6.